The van der Waals surface area contributed by atoms with Crippen LogP contribution in [0.25, 0.3) is 0 Å². The van der Waals surface area contributed by atoms with Crippen molar-refractivity contribution < 1.29 is 9.59 Å². The predicted octanol–water partition coefficient (Wildman–Crippen LogP) is 1.89. The summed E-state index contributed by atoms with van der Waals surface area (Å²) in [5, 5.41) is 0. The molecule has 1 heterocycles. The molecule has 1 amide bonds. The van der Waals surface area contributed by atoms with Gasteiger partial charge in [-0.3, -0.25) is 9.59 Å². The summed E-state index contributed by atoms with van der Waals surface area (Å²) in [6.07, 6.45) is 1.14. The Hall–Kier alpha value is -1.35. The molecule has 1 fully saturated rings. The van der Waals surface area contributed by atoms with Gasteiger partial charge in [-0.2, -0.15) is 0 Å². The largest absolute Gasteiger partial charge is 0.340 e. The maximum atomic E-state index is 11.9. The van der Waals surface area contributed by atoms with E-state index in [0.717, 1.165) is 5.56 Å². The first kappa shape index (κ1) is 13.1. The predicted molar refractivity (Wildman–Crippen MR) is 70.6 cm³/mol. The third-order valence-corrected chi connectivity index (χ3v) is 3.54. The number of hydrogen-bond acceptors (Lipinski definition) is 2. The number of ketones is 1. The second-order valence-corrected chi connectivity index (χ2v) is 4.84. The summed E-state index contributed by atoms with van der Waals surface area (Å²) < 4.78 is 0. The van der Waals surface area contributed by atoms with Crippen molar-refractivity contribution >= 4 is 23.3 Å². The van der Waals surface area contributed by atoms with Crippen molar-refractivity contribution in [3.8, 4) is 0 Å². The van der Waals surface area contributed by atoms with Gasteiger partial charge in [-0.1, -0.05) is 30.3 Å². The highest BCUT2D eigenvalue weighted by molar-refractivity contribution is 6.27. The molecule has 1 aromatic carbocycles. The first-order chi connectivity index (χ1) is 8.70. The van der Waals surface area contributed by atoms with Gasteiger partial charge in [-0.25, -0.2) is 0 Å². The molecule has 3 nitrogen and oxygen atoms in total. The van der Waals surface area contributed by atoms with Gasteiger partial charge in [0.1, 0.15) is 11.7 Å². The number of Topliss-reactive ketones (excluding diaryl/α,β-unsaturated/α-hetero) is 1. The van der Waals surface area contributed by atoms with Crippen LogP contribution < -0.4 is 0 Å². The molecule has 1 atom stereocenters. The van der Waals surface area contributed by atoms with E-state index in [1.165, 1.54) is 0 Å². The fraction of sp³-hybridized carbons (Fsp3) is 0.429. The number of halogens is 1. The van der Waals surface area contributed by atoms with Crippen molar-refractivity contribution in [2.45, 2.75) is 12.8 Å². The molecule has 0 N–H and O–H groups in total. The topological polar surface area (TPSA) is 37.4 Å². The van der Waals surface area contributed by atoms with E-state index in [9.17, 15) is 9.59 Å². The van der Waals surface area contributed by atoms with E-state index in [2.05, 4.69) is 0 Å². The van der Waals surface area contributed by atoms with Gasteiger partial charge in [0.15, 0.2) is 0 Å². The molecule has 4 heteroatoms. The number of alkyl halides is 1. The zero-order chi connectivity index (χ0) is 13.0. The number of nitrogens with zero attached hydrogens (tertiary/aromatic N) is 1. The summed E-state index contributed by atoms with van der Waals surface area (Å²) in [5.41, 5.74) is 1.14. The Morgan fingerprint density at radius 2 is 2.06 bits per heavy atom. The van der Waals surface area contributed by atoms with E-state index in [1.807, 2.05) is 30.3 Å². The number of rotatable bonds is 3. The number of amides is 1. The zero-order valence-electron chi connectivity index (χ0n) is 10.1. The fourth-order valence-electron chi connectivity index (χ4n) is 2.30. The normalized spacial score (nSPS) is 19.9. The number of carbonyl (C=O) groups excluding carboxylic acids is 2. The smallest absolute Gasteiger partial charge is 0.237 e. The second-order valence-electron chi connectivity index (χ2n) is 4.58. The molecule has 0 spiro atoms. The van der Waals surface area contributed by atoms with E-state index in [0.29, 0.717) is 25.9 Å². The minimum Gasteiger partial charge on any atom is -0.340 e. The lowest BCUT2D eigenvalue weighted by atomic mass is 9.90. The van der Waals surface area contributed by atoms with E-state index < -0.39 is 0 Å². The highest BCUT2D eigenvalue weighted by Crippen LogP contribution is 2.18. The molecule has 1 unspecified atom stereocenters. The number of carbonyl (C=O) groups is 2. The molecule has 96 valence electrons. The van der Waals surface area contributed by atoms with Gasteiger partial charge in [-0.05, 0) is 12.0 Å². The summed E-state index contributed by atoms with van der Waals surface area (Å²) in [4.78, 5) is 25.1. The summed E-state index contributed by atoms with van der Waals surface area (Å²) in [6.45, 7) is 1.01. The van der Waals surface area contributed by atoms with Crippen molar-refractivity contribution in [3.63, 3.8) is 0 Å². The standard InChI is InChI=1S/C14H16ClNO2/c15-9-14(18)16-7-6-13(17)12(10-16)8-11-4-2-1-3-5-11/h1-5,12H,6-10H2. The minimum atomic E-state index is -0.0895. The van der Waals surface area contributed by atoms with Crippen molar-refractivity contribution in [2.24, 2.45) is 5.92 Å². The fourth-order valence-corrected chi connectivity index (χ4v) is 2.47. The lowest BCUT2D eigenvalue weighted by molar-refractivity contribution is -0.135. The van der Waals surface area contributed by atoms with Crippen LogP contribution in [0.5, 0.6) is 0 Å². The van der Waals surface area contributed by atoms with E-state index >= 15 is 0 Å². The molecule has 1 aromatic rings. The van der Waals surface area contributed by atoms with Crippen molar-refractivity contribution in [1.29, 1.82) is 0 Å². The van der Waals surface area contributed by atoms with Crippen LogP contribution >= 0.6 is 11.6 Å². The van der Waals surface area contributed by atoms with Crippen LogP contribution in [0.4, 0.5) is 0 Å². The van der Waals surface area contributed by atoms with Crippen molar-refractivity contribution in [3.05, 3.63) is 35.9 Å². The highest BCUT2D eigenvalue weighted by atomic mass is 35.5. The number of likely N-dealkylation sites (tertiary alicyclic amines) is 1. The Labute approximate surface area is 112 Å². The maximum Gasteiger partial charge on any atom is 0.237 e. The molecule has 0 radical (unpaired) electrons. The van der Waals surface area contributed by atoms with E-state index in [1.54, 1.807) is 4.90 Å². The molecule has 18 heavy (non-hydrogen) atoms. The summed E-state index contributed by atoms with van der Waals surface area (Å²) in [5.74, 6) is 0.0692. The molecule has 1 aliphatic rings. The Morgan fingerprint density at radius 1 is 1.33 bits per heavy atom. The molecule has 2 rings (SSSR count). The third-order valence-electron chi connectivity index (χ3n) is 3.32. The van der Waals surface area contributed by atoms with Gasteiger partial charge >= 0.3 is 0 Å². The number of hydrogen-bond donors (Lipinski definition) is 0. The number of piperidine rings is 1. The molecule has 0 aliphatic carbocycles. The van der Waals surface area contributed by atoms with Crippen molar-refractivity contribution in [1.82, 2.24) is 4.90 Å². The Balaban J connectivity index is 2.02. The van der Waals surface area contributed by atoms with Gasteiger partial charge in [0, 0.05) is 25.4 Å². The Kier molecular flexibility index (Phi) is 4.37. The first-order valence-corrected chi connectivity index (χ1v) is 6.64. The van der Waals surface area contributed by atoms with Gasteiger partial charge in [0.05, 0.1) is 0 Å². The molecule has 1 aliphatic heterocycles. The average Bonchev–Trinajstić information content (AvgIpc) is 2.41. The average molecular weight is 266 g/mol. The number of benzene rings is 1. The van der Waals surface area contributed by atoms with E-state index in [4.69, 9.17) is 11.6 Å². The molecule has 0 bridgehead atoms. The van der Waals surface area contributed by atoms with Gasteiger partial charge in [0.2, 0.25) is 5.91 Å². The third kappa shape index (κ3) is 3.10. The Bertz CT molecular complexity index is 433. The van der Waals surface area contributed by atoms with Crippen LogP contribution in [0, 0.1) is 5.92 Å². The van der Waals surface area contributed by atoms with Crippen LogP contribution in [0.3, 0.4) is 0 Å². The molecule has 0 saturated carbocycles. The summed E-state index contributed by atoms with van der Waals surface area (Å²) in [6, 6.07) is 9.90. The van der Waals surface area contributed by atoms with Gasteiger partial charge in [-0.15, -0.1) is 11.6 Å². The molecular formula is C14H16ClNO2. The van der Waals surface area contributed by atoms with Gasteiger partial charge < -0.3 is 4.90 Å². The lowest BCUT2D eigenvalue weighted by Gasteiger charge is -2.31. The second kappa shape index (κ2) is 6.01. The van der Waals surface area contributed by atoms with Crippen LogP contribution in [-0.2, 0) is 16.0 Å². The van der Waals surface area contributed by atoms with Gasteiger partial charge in [0.25, 0.3) is 0 Å². The van der Waals surface area contributed by atoms with Crippen LogP contribution in [-0.4, -0.2) is 35.6 Å². The van der Waals surface area contributed by atoms with Crippen LogP contribution in [0.2, 0.25) is 0 Å². The Morgan fingerprint density at radius 3 is 2.72 bits per heavy atom. The maximum absolute atomic E-state index is 11.9. The summed E-state index contributed by atoms with van der Waals surface area (Å²) in [7, 11) is 0. The van der Waals surface area contributed by atoms with Crippen LogP contribution in [0.15, 0.2) is 30.3 Å². The summed E-state index contributed by atoms with van der Waals surface area (Å²) >= 11 is 5.55. The van der Waals surface area contributed by atoms with Crippen molar-refractivity contribution in [2.75, 3.05) is 19.0 Å². The SMILES string of the molecule is O=C1CCN(C(=O)CCl)CC1Cc1ccccc1. The van der Waals surface area contributed by atoms with Crippen LogP contribution in [0.1, 0.15) is 12.0 Å². The quantitative estimate of drug-likeness (QED) is 0.783. The monoisotopic (exact) mass is 265 g/mol. The highest BCUT2D eigenvalue weighted by Gasteiger charge is 2.29. The molecular weight excluding hydrogens is 250 g/mol. The lowest BCUT2D eigenvalue weighted by Crippen LogP contribution is -2.45. The zero-order valence-corrected chi connectivity index (χ0v) is 10.9. The first-order valence-electron chi connectivity index (χ1n) is 6.11. The molecule has 0 aromatic heterocycles. The molecule has 1 saturated heterocycles. The van der Waals surface area contributed by atoms with E-state index in [-0.39, 0.29) is 23.5 Å². The minimum absolute atomic E-state index is 0.00769.